The highest BCUT2D eigenvalue weighted by atomic mass is 35.5. The van der Waals surface area contributed by atoms with Crippen molar-refractivity contribution in [2.45, 2.75) is 12.8 Å². The van der Waals surface area contributed by atoms with Gasteiger partial charge in [-0.05, 0) is 42.3 Å². The maximum absolute atomic E-state index is 12.3. The number of hydrogen-bond acceptors (Lipinski definition) is 5. The SMILES string of the molecule is COc1cc(CCC(=O)Nc2ccc(N(C)C)c(Cl)c2)cc(OC)c1OC. The number of ether oxygens (including phenoxy) is 3. The van der Waals surface area contributed by atoms with Gasteiger partial charge < -0.3 is 24.4 Å². The highest BCUT2D eigenvalue weighted by Crippen LogP contribution is 2.38. The zero-order chi connectivity index (χ0) is 20.0. The largest absolute Gasteiger partial charge is 0.493 e. The van der Waals surface area contributed by atoms with Crippen molar-refractivity contribution in [3.63, 3.8) is 0 Å². The van der Waals surface area contributed by atoms with Crippen LogP contribution in [-0.4, -0.2) is 41.3 Å². The van der Waals surface area contributed by atoms with Gasteiger partial charge in [-0.25, -0.2) is 0 Å². The number of halogens is 1. The number of amides is 1. The van der Waals surface area contributed by atoms with Crippen LogP contribution in [0.5, 0.6) is 17.2 Å². The molecule has 0 aromatic heterocycles. The summed E-state index contributed by atoms with van der Waals surface area (Å²) in [4.78, 5) is 14.2. The Hall–Kier alpha value is -2.60. The summed E-state index contributed by atoms with van der Waals surface area (Å²) in [6.07, 6.45) is 0.845. The average Bonchev–Trinajstić information content (AvgIpc) is 2.65. The van der Waals surface area contributed by atoms with Crippen LogP contribution < -0.4 is 24.4 Å². The second-order valence-corrected chi connectivity index (χ2v) is 6.55. The van der Waals surface area contributed by atoms with Crippen LogP contribution in [0.4, 0.5) is 11.4 Å². The highest BCUT2D eigenvalue weighted by molar-refractivity contribution is 6.33. The van der Waals surface area contributed by atoms with Crippen LogP contribution in [0.3, 0.4) is 0 Å². The first kappa shape index (κ1) is 20.7. The average molecular weight is 393 g/mol. The van der Waals surface area contributed by atoms with Gasteiger partial charge in [-0.1, -0.05) is 11.6 Å². The molecule has 0 aliphatic carbocycles. The third kappa shape index (κ3) is 5.20. The van der Waals surface area contributed by atoms with E-state index in [-0.39, 0.29) is 5.91 Å². The van der Waals surface area contributed by atoms with Crippen LogP contribution in [0.15, 0.2) is 30.3 Å². The molecule has 146 valence electrons. The van der Waals surface area contributed by atoms with E-state index in [0.717, 1.165) is 11.3 Å². The van der Waals surface area contributed by atoms with Crippen molar-refractivity contribution in [2.24, 2.45) is 0 Å². The number of nitrogens with zero attached hydrogens (tertiary/aromatic N) is 1. The van der Waals surface area contributed by atoms with Gasteiger partial charge in [0.05, 0.1) is 32.0 Å². The van der Waals surface area contributed by atoms with Gasteiger partial charge in [0.1, 0.15) is 0 Å². The lowest BCUT2D eigenvalue weighted by Gasteiger charge is -2.15. The lowest BCUT2D eigenvalue weighted by atomic mass is 10.1. The number of nitrogens with one attached hydrogen (secondary N) is 1. The molecular weight excluding hydrogens is 368 g/mol. The van der Waals surface area contributed by atoms with Crippen LogP contribution in [0, 0.1) is 0 Å². The Morgan fingerprint density at radius 3 is 2.15 bits per heavy atom. The summed E-state index contributed by atoms with van der Waals surface area (Å²) in [7, 11) is 8.51. The van der Waals surface area contributed by atoms with Crippen molar-refractivity contribution < 1.29 is 19.0 Å². The molecule has 1 N–H and O–H groups in total. The number of aryl methyl sites for hydroxylation is 1. The van der Waals surface area contributed by atoms with E-state index in [9.17, 15) is 4.79 Å². The Bertz CT molecular complexity index is 784. The maximum Gasteiger partial charge on any atom is 0.224 e. The molecule has 27 heavy (non-hydrogen) atoms. The minimum absolute atomic E-state index is 0.0996. The van der Waals surface area contributed by atoms with Gasteiger partial charge in [-0.3, -0.25) is 4.79 Å². The lowest BCUT2D eigenvalue weighted by Crippen LogP contribution is -2.13. The molecular formula is C20H25ClN2O4. The molecule has 1 amide bonds. The summed E-state index contributed by atoms with van der Waals surface area (Å²) in [5.41, 5.74) is 2.48. The van der Waals surface area contributed by atoms with E-state index < -0.39 is 0 Å². The molecule has 0 fully saturated rings. The molecule has 0 bridgehead atoms. The third-order valence-electron chi connectivity index (χ3n) is 4.08. The summed E-state index contributed by atoms with van der Waals surface area (Å²) in [5, 5.41) is 3.46. The Balaban J connectivity index is 2.04. The predicted octanol–water partition coefficient (Wildman–Crippen LogP) is 4.00. The second-order valence-electron chi connectivity index (χ2n) is 6.14. The van der Waals surface area contributed by atoms with E-state index in [4.69, 9.17) is 25.8 Å². The molecule has 0 unspecified atom stereocenters. The molecule has 0 atom stereocenters. The number of carbonyl (C=O) groups excluding carboxylic acids is 1. The number of carbonyl (C=O) groups is 1. The molecule has 7 heteroatoms. The summed E-state index contributed by atoms with van der Waals surface area (Å²) >= 11 is 6.24. The molecule has 0 radical (unpaired) electrons. The van der Waals surface area contributed by atoms with Crippen LogP contribution in [0.1, 0.15) is 12.0 Å². The molecule has 0 saturated carbocycles. The summed E-state index contributed by atoms with van der Waals surface area (Å²) in [5.74, 6) is 1.57. The van der Waals surface area contributed by atoms with E-state index >= 15 is 0 Å². The molecule has 2 aromatic carbocycles. The zero-order valence-corrected chi connectivity index (χ0v) is 17.0. The quantitative estimate of drug-likeness (QED) is 0.735. The molecule has 0 saturated heterocycles. The Morgan fingerprint density at radius 1 is 1.04 bits per heavy atom. The van der Waals surface area contributed by atoms with Crippen LogP contribution in [0.25, 0.3) is 0 Å². The van der Waals surface area contributed by atoms with E-state index in [1.54, 1.807) is 27.4 Å². The van der Waals surface area contributed by atoms with Crippen LogP contribution in [0.2, 0.25) is 5.02 Å². The molecule has 2 aromatic rings. The van der Waals surface area contributed by atoms with Crippen molar-refractivity contribution in [2.75, 3.05) is 45.6 Å². The smallest absolute Gasteiger partial charge is 0.224 e. The van der Waals surface area contributed by atoms with E-state index in [1.165, 1.54) is 0 Å². The molecule has 0 spiro atoms. The van der Waals surface area contributed by atoms with Gasteiger partial charge in [-0.2, -0.15) is 0 Å². The minimum atomic E-state index is -0.0996. The normalized spacial score (nSPS) is 10.3. The maximum atomic E-state index is 12.3. The molecule has 0 aliphatic heterocycles. The summed E-state index contributed by atoms with van der Waals surface area (Å²) in [6.45, 7) is 0. The zero-order valence-electron chi connectivity index (χ0n) is 16.3. The standard InChI is InChI=1S/C20H25ClN2O4/c1-23(2)16-8-7-14(12-15(16)21)22-19(24)9-6-13-10-17(25-3)20(27-5)18(11-13)26-4/h7-8,10-12H,6,9H2,1-5H3,(H,22,24). The number of anilines is 2. The van der Waals surface area contributed by atoms with Gasteiger partial charge in [0.15, 0.2) is 11.5 Å². The minimum Gasteiger partial charge on any atom is -0.493 e. The second kappa shape index (κ2) is 9.37. The third-order valence-corrected chi connectivity index (χ3v) is 4.38. The summed E-state index contributed by atoms with van der Waals surface area (Å²) < 4.78 is 16.0. The number of hydrogen-bond donors (Lipinski definition) is 1. The Labute approximate surface area is 165 Å². The fourth-order valence-corrected chi connectivity index (χ4v) is 3.06. The fraction of sp³-hybridized carbons (Fsp3) is 0.350. The highest BCUT2D eigenvalue weighted by Gasteiger charge is 2.14. The Kier molecular flexibility index (Phi) is 7.19. The number of rotatable bonds is 8. The van der Waals surface area contributed by atoms with Gasteiger partial charge in [-0.15, -0.1) is 0 Å². The fourth-order valence-electron chi connectivity index (χ4n) is 2.71. The van der Waals surface area contributed by atoms with Crippen molar-refractivity contribution in [3.8, 4) is 17.2 Å². The van der Waals surface area contributed by atoms with Crippen molar-refractivity contribution in [3.05, 3.63) is 40.9 Å². The van der Waals surface area contributed by atoms with Gasteiger partial charge in [0, 0.05) is 26.2 Å². The monoisotopic (exact) mass is 392 g/mol. The first-order chi connectivity index (χ1) is 12.9. The van der Waals surface area contributed by atoms with Crippen molar-refractivity contribution in [1.29, 1.82) is 0 Å². The van der Waals surface area contributed by atoms with Gasteiger partial charge >= 0.3 is 0 Å². The predicted molar refractivity (Wildman–Crippen MR) is 109 cm³/mol. The Morgan fingerprint density at radius 2 is 1.67 bits per heavy atom. The topological polar surface area (TPSA) is 60.0 Å². The number of methoxy groups -OCH3 is 3. The lowest BCUT2D eigenvalue weighted by molar-refractivity contribution is -0.116. The molecule has 2 rings (SSSR count). The van der Waals surface area contributed by atoms with Crippen molar-refractivity contribution >= 4 is 28.9 Å². The first-order valence-corrected chi connectivity index (χ1v) is 8.83. The van der Waals surface area contributed by atoms with Crippen LogP contribution >= 0.6 is 11.6 Å². The van der Waals surface area contributed by atoms with Gasteiger partial charge in [0.2, 0.25) is 11.7 Å². The van der Waals surface area contributed by atoms with E-state index in [2.05, 4.69) is 5.32 Å². The first-order valence-electron chi connectivity index (χ1n) is 8.45. The van der Waals surface area contributed by atoms with E-state index in [0.29, 0.717) is 40.8 Å². The summed E-state index contributed by atoms with van der Waals surface area (Å²) in [6, 6.07) is 9.14. The molecule has 6 nitrogen and oxygen atoms in total. The van der Waals surface area contributed by atoms with Crippen molar-refractivity contribution in [1.82, 2.24) is 0 Å². The molecule has 0 heterocycles. The van der Waals surface area contributed by atoms with Crippen LogP contribution in [-0.2, 0) is 11.2 Å². The van der Waals surface area contributed by atoms with E-state index in [1.807, 2.05) is 43.3 Å². The number of benzene rings is 2. The van der Waals surface area contributed by atoms with Gasteiger partial charge in [0.25, 0.3) is 0 Å². The molecule has 0 aliphatic rings.